The summed E-state index contributed by atoms with van der Waals surface area (Å²) in [4.78, 5) is 45.4. The summed E-state index contributed by atoms with van der Waals surface area (Å²) in [7, 11) is 0. The van der Waals surface area contributed by atoms with Crippen molar-refractivity contribution in [1.82, 2.24) is 20.4 Å². The van der Waals surface area contributed by atoms with Gasteiger partial charge in [0.2, 0.25) is 17.7 Å². The summed E-state index contributed by atoms with van der Waals surface area (Å²) >= 11 is 5.41. The molecule has 1 spiro atoms. The molecule has 1 aromatic rings. The van der Waals surface area contributed by atoms with Crippen LogP contribution in [0.4, 0.5) is 0 Å². The first-order valence-electron chi connectivity index (χ1n) is 13.6. The van der Waals surface area contributed by atoms with E-state index in [1.54, 1.807) is 16.7 Å². The zero-order chi connectivity index (χ0) is 26.9. The zero-order valence-corrected chi connectivity index (χ0v) is 24.1. The van der Waals surface area contributed by atoms with Gasteiger partial charge in [0, 0.05) is 42.8 Å². The Morgan fingerprint density at radius 2 is 1.95 bits per heavy atom. The van der Waals surface area contributed by atoms with Crippen LogP contribution in [0.25, 0.3) is 0 Å². The molecule has 11 heteroatoms. The first-order chi connectivity index (χ1) is 18.4. The van der Waals surface area contributed by atoms with Gasteiger partial charge in [0.05, 0.1) is 42.4 Å². The molecule has 9 nitrogen and oxygen atoms in total. The molecule has 0 radical (unpaired) electrons. The van der Waals surface area contributed by atoms with Gasteiger partial charge in [-0.3, -0.25) is 19.3 Å². The third kappa shape index (κ3) is 5.00. The molecule has 3 amide bonds. The van der Waals surface area contributed by atoms with Crippen molar-refractivity contribution in [3.63, 3.8) is 0 Å². The third-order valence-corrected chi connectivity index (χ3v) is 11.7. The van der Waals surface area contributed by atoms with Crippen LogP contribution < -0.4 is 10.6 Å². The Morgan fingerprint density at radius 1 is 1.21 bits per heavy atom. The van der Waals surface area contributed by atoms with Crippen molar-refractivity contribution in [3.8, 4) is 0 Å². The average molecular weight is 610 g/mol. The van der Waals surface area contributed by atoms with E-state index in [4.69, 9.17) is 4.74 Å². The van der Waals surface area contributed by atoms with Crippen molar-refractivity contribution in [2.45, 2.75) is 53.2 Å². The van der Waals surface area contributed by atoms with Crippen molar-refractivity contribution in [3.05, 3.63) is 35.9 Å². The molecule has 4 saturated heterocycles. The van der Waals surface area contributed by atoms with Gasteiger partial charge >= 0.3 is 0 Å². The first-order valence-corrected chi connectivity index (χ1v) is 15.3. The molecule has 3 unspecified atom stereocenters. The largest absolute Gasteiger partial charge is 0.394 e. The number of fused-ring (bicyclic) bond motifs is 1. The van der Waals surface area contributed by atoms with Crippen molar-refractivity contribution in [1.29, 1.82) is 0 Å². The summed E-state index contributed by atoms with van der Waals surface area (Å²) in [6, 6.07) is 8.50. The minimum atomic E-state index is -0.733. The number of nitrogens with zero attached hydrogens (tertiary/aromatic N) is 2. The molecule has 0 aliphatic carbocycles. The molecule has 38 heavy (non-hydrogen) atoms. The predicted molar refractivity (Wildman–Crippen MR) is 149 cm³/mol. The van der Waals surface area contributed by atoms with Gasteiger partial charge in [-0.15, -0.1) is 11.8 Å². The van der Waals surface area contributed by atoms with E-state index in [0.29, 0.717) is 45.7 Å². The molecular weight excluding hydrogens is 572 g/mol. The van der Waals surface area contributed by atoms with Crippen LogP contribution in [0.15, 0.2) is 30.3 Å². The summed E-state index contributed by atoms with van der Waals surface area (Å²) in [6.45, 7) is 6.31. The molecule has 3 N–H and O–H groups in total. The van der Waals surface area contributed by atoms with E-state index in [9.17, 15) is 19.5 Å². The molecule has 0 saturated carbocycles. The highest BCUT2D eigenvalue weighted by molar-refractivity contribution is 9.09. The SMILES string of the molecule is CC[C@@H](CO)N1C(=O)[C@@H]2[C@H](C(=O)NCc3ccccc3)[C@H]3SC2(CC3Br)C1C(=O)NCCN1CCOCC1. The number of aliphatic hydroxyl groups excluding tert-OH is 1. The zero-order valence-electron chi connectivity index (χ0n) is 21.7. The van der Waals surface area contributed by atoms with Gasteiger partial charge in [-0.2, -0.15) is 0 Å². The van der Waals surface area contributed by atoms with Crippen LogP contribution in [0.5, 0.6) is 0 Å². The number of hydrogen-bond acceptors (Lipinski definition) is 7. The van der Waals surface area contributed by atoms with Gasteiger partial charge in [-0.25, -0.2) is 0 Å². The average Bonchev–Trinajstić information content (AvgIpc) is 3.53. The van der Waals surface area contributed by atoms with E-state index in [2.05, 4.69) is 31.5 Å². The van der Waals surface area contributed by atoms with E-state index in [1.165, 1.54) is 0 Å². The van der Waals surface area contributed by atoms with Crippen molar-refractivity contribution in [2.75, 3.05) is 46.0 Å². The van der Waals surface area contributed by atoms with Gasteiger partial charge in [-0.05, 0) is 18.4 Å². The third-order valence-electron chi connectivity index (χ3n) is 8.49. The van der Waals surface area contributed by atoms with Crippen LogP contribution >= 0.6 is 27.7 Å². The van der Waals surface area contributed by atoms with Gasteiger partial charge in [0.1, 0.15) is 6.04 Å². The molecule has 4 fully saturated rings. The minimum Gasteiger partial charge on any atom is -0.394 e. The van der Waals surface area contributed by atoms with Gasteiger partial charge < -0.3 is 25.4 Å². The molecule has 4 aliphatic rings. The number of carbonyl (C=O) groups excluding carboxylic acids is 3. The number of benzene rings is 1. The second-order valence-electron chi connectivity index (χ2n) is 10.6. The molecule has 2 bridgehead atoms. The van der Waals surface area contributed by atoms with Crippen LogP contribution in [0.1, 0.15) is 25.3 Å². The smallest absolute Gasteiger partial charge is 0.244 e. The highest BCUT2D eigenvalue weighted by atomic mass is 79.9. The van der Waals surface area contributed by atoms with Gasteiger partial charge in [0.15, 0.2) is 0 Å². The molecule has 1 aromatic carbocycles. The molecule has 5 rings (SSSR count). The van der Waals surface area contributed by atoms with Gasteiger partial charge in [0.25, 0.3) is 0 Å². The van der Waals surface area contributed by atoms with E-state index in [1.807, 2.05) is 37.3 Å². The maximum Gasteiger partial charge on any atom is 0.244 e. The Hall–Kier alpha value is -1.66. The van der Waals surface area contributed by atoms with Crippen molar-refractivity contribution < 1.29 is 24.2 Å². The Labute approximate surface area is 236 Å². The van der Waals surface area contributed by atoms with Crippen LogP contribution in [0.2, 0.25) is 0 Å². The summed E-state index contributed by atoms with van der Waals surface area (Å²) in [5.41, 5.74) is 0.991. The van der Waals surface area contributed by atoms with E-state index in [-0.39, 0.29) is 34.4 Å². The first kappa shape index (κ1) is 27.9. The van der Waals surface area contributed by atoms with Crippen molar-refractivity contribution >= 4 is 45.4 Å². The number of likely N-dealkylation sites (tertiary alicyclic amines) is 1. The second kappa shape index (κ2) is 11.8. The monoisotopic (exact) mass is 608 g/mol. The summed E-state index contributed by atoms with van der Waals surface area (Å²) in [6.07, 6.45) is 1.15. The lowest BCUT2D eigenvalue weighted by Crippen LogP contribution is -2.57. The molecule has 208 valence electrons. The molecule has 0 aromatic heterocycles. The second-order valence-corrected chi connectivity index (χ2v) is 13.3. The normalized spacial score (nSPS) is 33.3. The number of morpholine rings is 1. The molecular formula is C27H37BrN4O5S. The number of ether oxygens (including phenoxy) is 1. The van der Waals surface area contributed by atoms with Gasteiger partial charge in [-0.1, -0.05) is 53.2 Å². The van der Waals surface area contributed by atoms with Crippen LogP contribution in [0, 0.1) is 11.8 Å². The van der Waals surface area contributed by atoms with Crippen molar-refractivity contribution in [2.24, 2.45) is 11.8 Å². The number of rotatable bonds is 10. The number of thioether (sulfide) groups is 1. The molecule has 4 heterocycles. The van der Waals surface area contributed by atoms with Crippen LogP contribution in [-0.2, 0) is 25.7 Å². The summed E-state index contributed by atoms with van der Waals surface area (Å²) in [5, 5.41) is 16.2. The number of halogens is 1. The fourth-order valence-electron chi connectivity index (χ4n) is 6.64. The number of amides is 3. The molecule has 4 aliphatic heterocycles. The Morgan fingerprint density at radius 3 is 2.63 bits per heavy atom. The number of hydrogen-bond donors (Lipinski definition) is 3. The van der Waals surface area contributed by atoms with E-state index < -0.39 is 28.7 Å². The highest BCUT2D eigenvalue weighted by Crippen LogP contribution is 2.68. The van der Waals surface area contributed by atoms with Crippen LogP contribution in [0.3, 0.4) is 0 Å². The van der Waals surface area contributed by atoms with E-state index >= 15 is 0 Å². The number of carbonyl (C=O) groups is 3. The number of nitrogens with one attached hydrogen (secondary N) is 2. The summed E-state index contributed by atoms with van der Waals surface area (Å²) < 4.78 is 4.70. The lowest BCUT2D eigenvalue weighted by Gasteiger charge is -2.37. The Bertz CT molecular complexity index is 1020. The maximum absolute atomic E-state index is 14.1. The Kier molecular flexibility index (Phi) is 8.69. The fraction of sp³-hybridized carbons (Fsp3) is 0.667. The minimum absolute atomic E-state index is 0.0156. The highest BCUT2D eigenvalue weighted by Gasteiger charge is 2.76. The maximum atomic E-state index is 14.1. The molecule has 7 atom stereocenters. The summed E-state index contributed by atoms with van der Waals surface area (Å²) in [5.74, 6) is -1.68. The Balaban J connectivity index is 1.37. The number of aliphatic hydroxyl groups is 1. The number of alkyl halides is 1. The predicted octanol–water partition coefficient (Wildman–Crippen LogP) is 0.987. The fourth-order valence-corrected chi connectivity index (χ4v) is 10.2. The lowest BCUT2D eigenvalue weighted by atomic mass is 9.70. The lowest BCUT2D eigenvalue weighted by molar-refractivity contribution is -0.142. The van der Waals surface area contributed by atoms with Crippen LogP contribution in [-0.4, -0.2) is 106 Å². The quantitative estimate of drug-likeness (QED) is 0.340. The standard InChI is InChI=1S/C27H37BrN4O5S/c1-2-18(16-33)32-23(25(35)29-8-9-31-10-12-37-13-11-31)27-14-19(28)22(38-27)20(21(27)26(32)36)24(34)30-15-17-6-4-3-5-7-17/h3-7,18-23,33H,2,8-16H2,1H3,(H,29,35)(H,30,34)/t18-,19?,20-,21-,22-,23?,27?/m0/s1. The topological polar surface area (TPSA) is 111 Å². The van der Waals surface area contributed by atoms with E-state index in [0.717, 1.165) is 18.7 Å².